The molecule has 9 N–H and O–H groups in total. The number of halogens is 3. The van der Waals surface area contributed by atoms with E-state index in [4.69, 9.17) is 72.2 Å². The van der Waals surface area contributed by atoms with E-state index in [9.17, 15) is 35.1 Å². The molecule has 17 rings (SSSR count). The Hall–Kier alpha value is -8.38. The summed E-state index contributed by atoms with van der Waals surface area (Å²) in [4.78, 5) is 60.1. The number of nitro groups is 3. The number of aliphatic hydroxyl groups excluding tert-OH is 2. The van der Waals surface area contributed by atoms with E-state index in [2.05, 4.69) is 51.0 Å². The largest absolute Gasteiger partial charge is 0.490 e. The van der Waals surface area contributed by atoms with Gasteiger partial charge in [-0.25, -0.2) is 0 Å². The molecular formula is C84H119BCl2IN16O15S3. The summed E-state index contributed by atoms with van der Waals surface area (Å²) in [6.07, 6.45) is 15.2. The van der Waals surface area contributed by atoms with Gasteiger partial charge in [0, 0.05) is 129 Å². The minimum Gasteiger partial charge on any atom is -0.490 e. The highest BCUT2D eigenvalue weighted by Crippen LogP contribution is 2.38. The number of likely N-dealkylation sites (tertiary alicyclic amines) is 4. The lowest BCUT2D eigenvalue weighted by molar-refractivity contribution is -0.385. The third-order valence-electron chi connectivity index (χ3n) is 20.0. The van der Waals surface area contributed by atoms with Crippen LogP contribution >= 0.6 is 82.4 Å². The number of nitrogens with zero attached hydrogens (tertiary/aromatic N) is 10. The number of rotatable bonds is 18. The summed E-state index contributed by atoms with van der Waals surface area (Å²) in [6.45, 7) is 29.1. The maximum atomic E-state index is 10.9. The average Bonchev–Trinajstić information content (AvgIpc) is 0.972. The van der Waals surface area contributed by atoms with E-state index in [-0.39, 0.29) is 104 Å². The molecule has 5 aromatic carbocycles. The number of carbonyl (C=O) groups excluding carboxylic acids is 1. The van der Waals surface area contributed by atoms with Crippen molar-refractivity contribution in [2.45, 2.75) is 78.1 Å². The van der Waals surface area contributed by atoms with Crippen LogP contribution in [0.3, 0.4) is 0 Å². The van der Waals surface area contributed by atoms with Crippen molar-refractivity contribution in [2.24, 2.45) is 0 Å². The first-order valence-corrected chi connectivity index (χ1v) is 44.3. The number of amides is 1. The van der Waals surface area contributed by atoms with Gasteiger partial charge in [0.05, 0.1) is 102 Å². The first-order chi connectivity index (χ1) is 57.8. The van der Waals surface area contributed by atoms with Gasteiger partial charge in [-0.1, -0.05) is 18.2 Å². The summed E-state index contributed by atoms with van der Waals surface area (Å²) >= 11 is 10.1. The standard InChI is InChI=1S/C20H24N4OS.C14H19N3O3.C14H21N3O.C8H6N2O4.C8H8N2O3.C6H12ClN.C6H7NS2.C4H8O.2C2H6O.B.ClH.HI/c21-19(20(22)18-4-3-13-26-18)15-5-6-16-17(14-15)25-12-11-24(16)10-9-23-7-1-2-8-23;18-17(19)12-3-4-13-14(11-12)20-10-9-16(13)8-7-15-5-1-2-6-15;15-12-3-4-13-14(11-12)18-10-9-17(13)8-7-16-5-1-2-6-16;11-8-4-14-7-3-5(10(12)13)1-2-6(7)9-8;11-10(12)6-1-2-7-8(5-6)13-4-3-9-7;7-3-6-8-4-1-2-5-8;1-8-6(7)5-3-2-4-9-5;1-2-4-5-3-1;2*1-2-3;;;/h3-6,13-14,21-22H,1-2,7-12H2;3-4,11H,1-2,5-10H2;3-4,11H,1-2,5-10,15H2;1-3H,4H2,(H,9,11);1-2,5,9H,3-4H2;1-6H2;2-4,7H,1H3;1-4H2;2*3H,2H2,1H3;;2*1H. The zero-order valence-corrected chi connectivity index (χ0v) is 76.3. The van der Waals surface area contributed by atoms with Crippen molar-refractivity contribution < 1.29 is 58.2 Å². The molecule has 5 saturated heterocycles. The predicted octanol–water partition coefficient (Wildman–Crippen LogP) is 14.5. The Morgan fingerprint density at radius 3 is 1.32 bits per heavy atom. The number of nitro benzene ring substituents is 3. The number of thioether (sulfide) groups is 1. The number of non-ortho nitro benzene ring substituents is 3. The Bertz CT molecular complexity index is 4280. The second kappa shape index (κ2) is 57.9. The van der Waals surface area contributed by atoms with Gasteiger partial charge in [-0.05, 0) is 202 Å². The molecule has 7 aromatic rings. The smallest absolute Gasteiger partial charge is 0.273 e. The molecule has 10 aliphatic heterocycles. The number of hydrogen-bond donors (Lipinski definition) is 8. The molecule has 0 atom stereocenters. The van der Waals surface area contributed by atoms with Crippen LogP contribution in [0.1, 0.15) is 93.4 Å². The van der Waals surface area contributed by atoms with Crippen LogP contribution in [-0.2, 0) is 9.53 Å². The van der Waals surface area contributed by atoms with Crippen LogP contribution in [0.2, 0.25) is 0 Å². The molecular weight excluding hydrogens is 1780 g/mol. The van der Waals surface area contributed by atoms with Crippen LogP contribution in [0, 0.1) is 46.6 Å². The van der Waals surface area contributed by atoms with Crippen LogP contribution in [-0.4, -0.2) is 271 Å². The number of carbonyl (C=O) groups is 1. The van der Waals surface area contributed by atoms with Crippen molar-refractivity contribution in [3.8, 4) is 28.7 Å². The zero-order valence-electron chi connectivity index (χ0n) is 69.9. The molecule has 12 heterocycles. The Morgan fingerprint density at radius 1 is 0.500 bits per heavy atom. The normalized spacial score (nSPS) is 16.1. The Kier molecular flexibility index (Phi) is 49.5. The number of thiophene rings is 2. The van der Waals surface area contributed by atoms with Crippen molar-refractivity contribution in [1.29, 1.82) is 16.2 Å². The molecule has 2 aromatic heterocycles. The molecule has 122 heavy (non-hydrogen) atoms. The van der Waals surface area contributed by atoms with Gasteiger partial charge in [-0.3, -0.25) is 51.4 Å². The van der Waals surface area contributed by atoms with Gasteiger partial charge < -0.3 is 89.3 Å². The fraction of sp³-hybridized carbons (Fsp3) is 0.500. The number of fused-ring (bicyclic) bond motifs is 5. The van der Waals surface area contributed by atoms with Gasteiger partial charge in [-0.2, -0.15) is 0 Å². The molecule has 31 nitrogen and oxygen atoms in total. The minimum absolute atomic E-state index is 0. The van der Waals surface area contributed by atoms with E-state index in [0.29, 0.717) is 47.8 Å². The number of nitrogens with one attached hydrogen (secondary N) is 5. The fourth-order valence-electron chi connectivity index (χ4n) is 13.9. The van der Waals surface area contributed by atoms with E-state index in [1.165, 1.54) is 182 Å². The topological polar surface area (TPSA) is 387 Å². The molecule has 10 aliphatic rings. The molecule has 0 bridgehead atoms. The molecule has 0 aliphatic carbocycles. The highest BCUT2D eigenvalue weighted by Gasteiger charge is 2.27. The van der Waals surface area contributed by atoms with Gasteiger partial charge in [0.15, 0.2) is 6.61 Å². The molecule has 5 fully saturated rings. The van der Waals surface area contributed by atoms with Gasteiger partial charge in [-0.15, -0.1) is 82.4 Å². The lowest BCUT2D eigenvalue weighted by atomic mass is 10.0. The van der Waals surface area contributed by atoms with Gasteiger partial charge in [0.2, 0.25) is 0 Å². The number of nitrogen functional groups attached to an aromatic ring is 1. The van der Waals surface area contributed by atoms with Crippen molar-refractivity contribution >= 4 is 164 Å². The van der Waals surface area contributed by atoms with E-state index in [1.54, 1.807) is 43.4 Å². The number of ether oxygens (including phenoxy) is 6. The Labute approximate surface area is 758 Å². The molecule has 38 heteroatoms. The van der Waals surface area contributed by atoms with Crippen molar-refractivity contribution in [3.05, 3.63) is 172 Å². The van der Waals surface area contributed by atoms with Crippen LogP contribution in [0.4, 0.5) is 51.2 Å². The lowest BCUT2D eigenvalue weighted by Gasteiger charge is -2.32. The van der Waals surface area contributed by atoms with Crippen LogP contribution in [0.15, 0.2) is 126 Å². The first-order valence-electron chi connectivity index (χ1n) is 40.8. The number of benzene rings is 5. The molecule has 0 spiro atoms. The summed E-state index contributed by atoms with van der Waals surface area (Å²) in [5.74, 6) is 3.82. The van der Waals surface area contributed by atoms with Crippen LogP contribution in [0.5, 0.6) is 28.7 Å². The number of anilines is 6. The highest BCUT2D eigenvalue weighted by molar-refractivity contribution is 14.0. The first kappa shape index (κ1) is 104. The van der Waals surface area contributed by atoms with Gasteiger partial charge in [0.25, 0.3) is 23.0 Å². The number of alkyl halides is 1. The quantitative estimate of drug-likeness (QED) is 0.00578. The Morgan fingerprint density at radius 2 is 0.893 bits per heavy atom. The zero-order chi connectivity index (χ0) is 85.1. The summed E-state index contributed by atoms with van der Waals surface area (Å²) in [6, 6.07) is 33.1. The maximum absolute atomic E-state index is 10.9. The van der Waals surface area contributed by atoms with Gasteiger partial charge in [0.1, 0.15) is 60.2 Å². The fourth-order valence-corrected chi connectivity index (χ4v) is 16.0. The summed E-state index contributed by atoms with van der Waals surface area (Å²) in [5.41, 5.74) is 12.5. The third kappa shape index (κ3) is 35.0. The van der Waals surface area contributed by atoms with Crippen molar-refractivity contribution in [3.63, 3.8) is 0 Å². The second-order valence-corrected chi connectivity index (χ2v) is 31.5. The van der Waals surface area contributed by atoms with Crippen molar-refractivity contribution in [2.75, 3.05) is 227 Å². The van der Waals surface area contributed by atoms with E-state index in [1.807, 2.05) is 71.6 Å². The van der Waals surface area contributed by atoms with E-state index >= 15 is 0 Å². The maximum Gasteiger partial charge on any atom is 0.273 e. The molecule has 3 radical (unpaired) electrons. The van der Waals surface area contributed by atoms with Gasteiger partial charge >= 0.3 is 0 Å². The third-order valence-corrected chi connectivity index (χ3v) is 22.7. The molecule has 667 valence electrons. The summed E-state index contributed by atoms with van der Waals surface area (Å²) < 4.78 is 32.3. The lowest BCUT2D eigenvalue weighted by Crippen LogP contribution is -2.38. The molecule has 0 saturated carbocycles. The van der Waals surface area contributed by atoms with Crippen LogP contribution in [0.25, 0.3) is 0 Å². The van der Waals surface area contributed by atoms with Crippen molar-refractivity contribution in [1.82, 2.24) is 19.6 Å². The summed E-state index contributed by atoms with van der Waals surface area (Å²) in [7, 11) is 0. The molecule has 0 unspecified atom stereocenters. The Balaban J connectivity index is 0.000000253. The second-order valence-electron chi connectivity index (χ2n) is 28.4. The van der Waals surface area contributed by atoms with Crippen LogP contribution < -0.4 is 54.8 Å². The number of hydrogen-bond acceptors (Lipinski definition) is 30. The monoisotopic (exact) mass is 1900 g/mol. The number of aliphatic hydroxyl groups is 2. The summed E-state index contributed by atoms with van der Waals surface area (Å²) in [5, 5.41) is 81.0. The SMILES string of the molecule is C1CCOC1.CCO.CCO.CSC(=N)c1cccs1.Cl.ClCCN1CCCC1.I.N=C(C(=N)c1cccs1)c1ccc2c(c1)OCCN2CCN1CCCC1.Nc1ccc2c(c1)OCCN2CCN1CCCC1.O=C1COc2cc([N+](=O)[O-])ccc2N1.O=[N+]([O-])c1ccc2c(c1)OCCN2.O=[N+]([O-])c1ccc2c(c1)OCCN2CCN1CCCC1.[B]. The average molecular weight is 1900 g/mol. The highest BCUT2D eigenvalue weighted by atomic mass is 127. The van der Waals surface area contributed by atoms with E-state index in [0.717, 1.165) is 147 Å². The number of nitrogens with two attached hydrogens (primary N) is 1. The van der Waals surface area contributed by atoms with E-state index < -0.39 is 9.85 Å². The predicted molar refractivity (Wildman–Crippen MR) is 508 cm³/mol. The minimum atomic E-state index is -0.514. The molecule has 1 amide bonds.